The summed E-state index contributed by atoms with van der Waals surface area (Å²) in [6.45, 7) is 7.03. The number of carbonyl (C=O) groups is 2. The van der Waals surface area contributed by atoms with Gasteiger partial charge in [0.15, 0.2) is 11.5 Å². The lowest BCUT2D eigenvalue weighted by molar-refractivity contribution is -0.117. The molecule has 7 heteroatoms. The molecule has 1 N–H and O–H groups in total. The molecule has 0 aliphatic rings. The van der Waals surface area contributed by atoms with E-state index in [0.29, 0.717) is 5.56 Å². The molecule has 7 nitrogen and oxygen atoms in total. The van der Waals surface area contributed by atoms with Gasteiger partial charge in [-0.1, -0.05) is 36.4 Å². The zero-order chi connectivity index (χ0) is 23.0. The second-order valence-electron chi connectivity index (χ2n) is 7.75. The molecule has 0 spiro atoms. The normalized spacial score (nSPS) is 12.3. The number of nitrogens with zero attached hydrogens (tertiary/aromatic N) is 1. The van der Waals surface area contributed by atoms with Gasteiger partial charge in [-0.3, -0.25) is 4.79 Å². The van der Waals surface area contributed by atoms with Gasteiger partial charge in [0, 0.05) is 0 Å². The van der Waals surface area contributed by atoms with Gasteiger partial charge in [-0.05, 0) is 57.0 Å². The average molecular weight is 422 g/mol. The summed E-state index contributed by atoms with van der Waals surface area (Å²) in [6.07, 6.45) is 0.577. The third kappa shape index (κ3) is 7.19. The van der Waals surface area contributed by atoms with Gasteiger partial charge in [-0.2, -0.15) is 5.26 Å². The minimum Gasteiger partial charge on any atom is -0.493 e. The van der Waals surface area contributed by atoms with Crippen LogP contribution < -0.4 is 14.8 Å². The Bertz CT molecular complexity index is 1000. The highest BCUT2D eigenvalue weighted by Gasteiger charge is 2.20. The van der Waals surface area contributed by atoms with Crippen molar-refractivity contribution in [2.75, 3.05) is 7.11 Å². The third-order valence-electron chi connectivity index (χ3n) is 4.09. The molecule has 1 atom stereocenters. The van der Waals surface area contributed by atoms with E-state index in [-0.39, 0.29) is 23.1 Å². The maximum Gasteiger partial charge on any atom is 0.514 e. The summed E-state index contributed by atoms with van der Waals surface area (Å²) in [5.74, 6) is -0.0728. The topological polar surface area (TPSA) is 97.6 Å². The number of amides is 1. The van der Waals surface area contributed by atoms with E-state index in [0.717, 1.165) is 5.56 Å². The van der Waals surface area contributed by atoms with Crippen molar-refractivity contribution in [1.82, 2.24) is 5.32 Å². The van der Waals surface area contributed by atoms with Crippen molar-refractivity contribution in [2.45, 2.75) is 39.3 Å². The zero-order valence-electron chi connectivity index (χ0n) is 18.3. The smallest absolute Gasteiger partial charge is 0.493 e. The van der Waals surface area contributed by atoms with Gasteiger partial charge in [0.25, 0.3) is 5.91 Å². The average Bonchev–Trinajstić information content (AvgIpc) is 2.71. The Balaban J connectivity index is 2.17. The molecule has 31 heavy (non-hydrogen) atoms. The van der Waals surface area contributed by atoms with Crippen molar-refractivity contribution in [3.63, 3.8) is 0 Å². The molecule has 2 aromatic carbocycles. The number of carbonyl (C=O) groups excluding carboxylic acids is 2. The maximum atomic E-state index is 12.5. The van der Waals surface area contributed by atoms with Crippen LogP contribution in [0.15, 0.2) is 54.1 Å². The molecular formula is C24H26N2O5. The summed E-state index contributed by atoms with van der Waals surface area (Å²) in [6, 6.07) is 15.8. The van der Waals surface area contributed by atoms with Crippen molar-refractivity contribution < 1.29 is 23.8 Å². The minimum absolute atomic E-state index is 0.0642. The molecule has 0 heterocycles. The van der Waals surface area contributed by atoms with Crippen LogP contribution in [0.5, 0.6) is 11.5 Å². The summed E-state index contributed by atoms with van der Waals surface area (Å²) >= 11 is 0. The van der Waals surface area contributed by atoms with Gasteiger partial charge in [0.1, 0.15) is 17.2 Å². The Kier molecular flexibility index (Phi) is 7.81. The molecular weight excluding hydrogens is 396 g/mol. The van der Waals surface area contributed by atoms with Gasteiger partial charge in [-0.25, -0.2) is 4.79 Å². The number of hydrogen-bond acceptors (Lipinski definition) is 6. The number of methoxy groups -OCH3 is 1. The predicted octanol–water partition coefficient (Wildman–Crippen LogP) is 4.79. The molecule has 0 radical (unpaired) electrons. The van der Waals surface area contributed by atoms with E-state index in [1.165, 1.54) is 19.3 Å². The van der Waals surface area contributed by atoms with Crippen LogP contribution in [0.3, 0.4) is 0 Å². The number of rotatable bonds is 6. The lowest BCUT2D eigenvalue weighted by atomic mass is 10.1. The Morgan fingerprint density at radius 3 is 2.35 bits per heavy atom. The molecule has 0 fully saturated rings. The molecule has 1 amide bonds. The largest absolute Gasteiger partial charge is 0.514 e. The van der Waals surface area contributed by atoms with E-state index in [2.05, 4.69) is 5.32 Å². The molecule has 2 rings (SSSR count). The van der Waals surface area contributed by atoms with Crippen LogP contribution in [0.25, 0.3) is 6.08 Å². The van der Waals surface area contributed by atoms with Gasteiger partial charge in [0.2, 0.25) is 0 Å². The minimum atomic E-state index is -0.860. The number of nitrogens with one attached hydrogen (secondary N) is 1. The van der Waals surface area contributed by atoms with E-state index in [1.54, 1.807) is 32.9 Å². The van der Waals surface area contributed by atoms with Crippen molar-refractivity contribution in [3.05, 3.63) is 65.2 Å². The molecule has 0 aliphatic heterocycles. The molecule has 0 aromatic heterocycles. The first kappa shape index (κ1) is 23.5. The van der Waals surface area contributed by atoms with Crippen LogP contribution in [0.1, 0.15) is 44.9 Å². The van der Waals surface area contributed by atoms with E-state index < -0.39 is 17.7 Å². The van der Waals surface area contributed by atoms with Gasteiger partial charge >= 0.3 is 6.16 Å². The number of benzene rings is 2. The lowest BCUT2D eigenvalue weighted by Crippen LogP contribution is -2.27. The molecule has 2 aromatic rings. The summed E-state index contributed by atoms with van der Waals surface area (Å²) in [7, 11) is 1.42. The molecule has 0 saturated carbocycles. The van der Waals surface area contributed by atoms with E-state index >= 15 is 0 Å². The second kappa shape index (κ2) is 10.3. The fraction of sp³-hybridized carbons (Fsp3) is 0.292. The lowest BCUT2D eigenvalue weighted by Gasteiger charge is -2.19. The first-order valence-electron chi connectivity index (χ1n) is 9.69. The van der Waals surface area contributed by atoms with Gasteiger partial charge in [-0.15, -0.1) is 0 Å². The van der Waals surface area contributed by atoms with Crippen LogP contribution in [0, 0.1) is 11.3 Å². The van der Waals surface area contributed by atoms with Crippen molar-refractivity contribution in [1.29, 1.82) is 5.26 Å². The van der Waals surface area contributed by atoms with E-state index in [1.807, 2.05) is 43.3 Å². The summed E-state index contributed by atoms with van der Waals surface area (Å²) in [5, 5.41) is 12.3. The first-order valence-corrected chi connectivity index (χ1v) is 9.69. The van der Waals surface area contributed by atoms with Crippen molar-refractivity contribution in [3.8, 4) is 17.6 Å². The fourth-order valence-corrected chi connectivity index (χ4v) is 2.63. The van der Waals surface area contributed by atoms with Crippen molar-refractivity contribution >= 4 is 18.1 Å². The molecule has 0 saturated heterocycles. The maximum absolute atomic E-state index is 12.5. The highest BCUT2D eigenvalue weighted by Crippen LogP contribution is 2.30. The van der Waals surface area contributed by atoms with Gasteiger partial charge in [0.05, 0.1) is 13.2 Å². The first-order chi connectivity index (χ1) is 14.6. The SMILES string of the molecule is COc1cc(/C=C(\C#N)C(=O)N[C@@H](C)c2ccccc2)ccc1OC(=O)OC(C)(C)C. The Morgan fingerprint density at radius 2 is 1.77 bits per heavy atom. The molecule has 0 bridgehead atoms. The summed E-state index contributed by atoms with van der Waals surface area (Å²) in [4.78, 5) is 24.4. The van der Waals surface area contributed by atoms with Gasteiger partial charge < -0.3 is 19.5 Å². The number of ether oxygens (including phenoxy) is 3. The van der Waals surface area contributed by atoms with Crippen LogP contribution >= 0.6 is 0 Å². The highest BCUT2D eigenvalue weighted by molar-refractivity contribution is 6.01. The van der Waals surface area contributed by atoms with E-state index in [4.69, 9.17) is 14.2 Å². The summed E-state index contributed by atoms with van der Waals surface area (Å²) < 4.78 is 15.6. The van der Waals surface area contributed by atoms with E-state index in [9.17, 15) is 14.9 Å². The van der Waals surface area contributed by atoms with Crippen LogP contribution in [-0.4, -0.2) is 24.8 Å². The quantitative estimate of drug-likeness (QED) is 0.311. The molecule has 162 valence electrons. The van der Waals surface area contributed by atoms with Crippen LogP contribution in [-0.2, 0) is 9.53 Å². The Labute approximate surface area is 182 Å². The monoisotopic (exact) mass is 422 g/mol. The zero-order valence-corrected chi connectivity index (χ0v) is 18.3. The number of hydrogen-bond donors (Lipinski definition) is 1. The number of nitriles is 1. The van der Waals surface area contributed by atoms with Crippen molar-refractivity contribution in [2.24, 2.45) is 0 Å². The fourth-order valence-electron chi connectivity index (χ4n) is 2.63. The highest BCUT2D eigenvalue weighted by atomic mass is 16.7. The standard InChI is InChI=1S/C24H26N2O5/c1-16(18-9-7-6-8-10-18)26-22(27)19(15-25)13-17-11-12-20(21(14-17)29-5)30-23(28)31-24(2,3)4/h6-14,16H,1-5H3,(H,26,27)/b19-13+/t16-/m0/s1. The predicted molar refractivity (Wildman–Crippen MR) is 116 cm³/mol. The van der Waals surface area contributed by atoms with Crippen LogP contribution in [0.2, 0.25) is 0 Å². The Morgan fingerprint density at radius 1 is 1.10 bits per heavy atom. The molecule has 0 unspecified atom stereocenters. The van der Waals surface area contributed by atoms with Crippen LogP contribution in [0.4, 0.5) is 4.79 Å². The molecule has 0 aliphatic carbocycles. The third-order valence-corrected chi connectivity index (χ3v) is 4.09. The summed E-state index contributed by atoms with van der Waals surface area (Å²) in [5.41, 5.74) is 0.704. The Hall–Kier alpha value is -3.79. The second-order valence-corrected chi connectivity index (χ2v) is 7.75.